The third kappa shape index (κ3) is 3.39. The van der Waals surface area contributed by atoms with Gasteiger partial charge in [-0.05, 0) is 29.8 Å². The van der Waals surface area contributed by atoms with Crippen LogP contribution < -0.4 is 15.8 Å². The van der Waals surface area contributed by atoms with Crippen LogP contribution in [0.4, 0.5) is 17.1 Å². The van der Waals surface area contributed by atoms with Crippen molar-refractivity contribution in [2.24, 2.45) is 0 Å². The van der Waals surface area contributed by atoms with Crippen LogP contribution in [0.15, 0.2) is 42.5 Å². The molecule has 0 amide bonds. The normalized spacial score (nSPS) is 10.2. The lowest BCUT2D eigenvalue weighted by Gasteiger charge is -2.11. The molecule has 0 aliphatic carbocycles. The summed E-state index contributed by atoms with van der Waals surface area (Å²) in [4.78, 5) is 0. The number of anilines is 3. The highest BCUT2D eigenvalue weighted by Crippen LogP contribution is 2.27. The van der Waals surface area contributed by atoms with Crippen LogP contribution in [0.25, 0.3) is 0 Å². The molecule has 2 aromatic rings. The average Bonchev–Trinajstić information content (AvgIpc) is 2.42. The van der Waals surface area contributed by atoms with E-state index in [-0.39, 0.29) is 0 Å². The molecule has 0 radical (unpaired) electrons. The molecule has 0 atom stereocenters. The van der Waals surface area contributed by atoms with E-state index in [0.717, 1.165) is 22.7 Å². The lowest BCUT2D eigenvalue weighted by Crippen LogP contribution is -1.98. The van der Waals surface area contributed by atoms with Crippen LogP contribution in [0.1, 0.15) is 5.56 Å². The number of nitrogens with one attached hydrogen (secondary N) is 1. The SMILES string of the molecule is COCc1cccc(Nc2ccc(OC)cc2N)c1. The van der Waals surface area contributed by atoms with E-state index in [4.69, 9.17) is 15.2 Å². The number of hydrogen-bond acceptors (Lipinski definition) is 4. The zero-order valence-corrected chi connectivity index (χ0v) is 11.1. The molecule has 0 saturated carbocycles. The Morgan fingerprint density at radius 3 is 2.63 bits per heavy atom. The summed E-state index contributed by atoms with van der Waals surface area (Å²) in [6, 6.07) is 13.6. The molecule has 0 aliphatic rings. The molecular formula is C15H18N2O2. The third-order valence-electron chi connectivity index (χ3n) is 2.78. The second-order valence-electron chi connectivity index (χ2n) is 4.21. The largest absolute Gasteiger partial charge is 0.497 e. The van der Waals surface area contributed by atoms with Gasteiger partial charge in [-0.3, -0.25) is 0 Å². The number of ether oxygens (including phenoxy) is 2. The Balaban J connectivity index is 2.18. The minimum absolute atomic E-state index is 0.591. The first-order valence-corrected chi connectivity index (χ1v) is 6.01. The molecule has 2 aromatic carbocycles. The van der Waals surface area contributed by atoms with E-state index in [2.05, 4.69) is 5.32 Å². The maximum absolute atomic E-state index is 5.97. The minimum atomic E-state index is 0.591. The van der Waals surface area contributed by atoms with Gasteiger partial charge < -0.3 is 20.5 Å². The standard InChI is InChI=1S/C15H18N2O2/c1-18-10-11-4-3-5-12(8-11)17-15-7-6-13(19-2)9-14(15)16/h3-9,17H,10,16H2,1-2H3. The van der Waals surface area contributed by atoms with Crippen LogP contribution in [0.2, 0.25) is 0 Å². The summed E-state index contributed by atoms with van der Waals surface area (Å²) in [6.45, 7) is 0.591. The van der Waals surface area contributed by atoms with Gasteiger partial charge in [0.1, 0.15) is 5.75 Å². The van der Waals surface area contributed by atoms with Crippen LogP contribution in [-0.2, 0) is 11.3 Å². The van der Waals surface area contributed by atoms with Crippen molar-refractivity contribution in [3.8, 4) is 5.75 Å². The minimum Gasteiger partial charge on any atom is -0.497 e. The van der Waals surface area contributed by atoms with Gasteiger partial charge in [0.2, 0.25) is 0 Å². The van der Waals surface area contributed by atoms with E-state index in [1.165, 1.54) is 0 Å². The van der Waals surface area contributed by atoms with E-state index in [9.17, 15) is 0 Å². The van der Waals surface area contributed by atoms with Crippen LogP contribution in [0, 0.1) is 0 Å². The predicted molar refractivity (Wildman–Crippen MR) is 77.8 cm³/mol. The molecule has 100 valence electrons. The van der Waals surface area contributed by atoms with E-state index in [1.54, 1.807) is 20.3 Å². The fourth-order valence-electron chi connectivity index (χ4n) is 1.84. The molecule has 0 aliphatic heterocycles. The number of nitrogens with two attached hydrogens (primary N) is 1. The van der Waals surface area contributed by atoms with Crippen molar-refractivity contribution in [2.45, 2.75) is 6.61 Å². The van der Waals surface area contributed by atoms with Gasteiger partial charge >= 0.3 is 0 Å². The summed E-state index contributed by atoms with van der Waals surface area (Å²) in [7, 11) is 3.30. The third-order valence-corrected chi connectivity index (χ3v) is 2.78. The molecule has 19 heavy (non-hydrogen) atoms. The topological polar surface area (TPSA) is 56.5 Å². The van der Waals surface area contributed by atoms with Crippen molar-refractivity contribution in [2.75, 3.05) is 25.3 Å². The van der Waals surface area contributed by atoms with Gasteiger partial charge in [0.15, 0.2) is 0 Å². The lowest BCUT2D eigenvalue weighted by atomic mass is 10.2. The maximum atomic E-state index is 5.97. The Morgan fingerprint density at radius 1 is 1.11 bits per heavy atom. The van der Waals surface area contributed by atoms with Crippen molar-refractivity contribution in [1.29, 1.82) is 0 Å². The van der Waals surface area contributed by atoms with Crippen molar-refractivity contribution in [3.63, 3.8) is 0 Å². The van der Waals surface area contributed by atoms with Crippen LogP contribution in [-0.4, -0.2) is 14.2 Å². The Bertz CT molecular complexity index is 556. The predicted octanol–water partition coefficient (Wildman–Crippen LogP) is 3.17. The van der Waals surface area contributed by atoms with Crippen LogP contribution in [0.5, 0.6) is 5.75 Å². The molecular weight excluding hydrogens is 240 g/mol. The fourth-order valence-corrected chi connectivity index (χ4v) is 1.84. The molecule has 4 heteroatoms. The average molecular weight is 258 g/mol. The van der Waals surface area contributed by atoms with Gasteiger partial charge in [-0.1, -0.05) is 12.1 Å². The Labute approximate surface area is 113 Å². The summed E-state index contributed by atoms with van der Waals surface area (Å²) < 4.78 is 10.2. The van der Waals surface area contributed by atoms with Gasteiger partial charge in [0.05, 0.1) is 25.1 Å². The number of rotatable bonds is 5. The summed E-state index contributed by atoms with van der Waals surface area (Å²) in [6.07, 6.45) is 0. The molecule has 4 nitrogen and oxygen atoms in total. The molecule has 0 heterocycles. The first-order chi connectivity index (χ1) is 9.22. The maximum Gasteiger partial charge on any atom is 0.121 e. The van der Waals surface area contributed by atoms with Gasteiger partial charge in [0, 0.05) is 18.9 Å². The fraction of sp³-hybridized carbons (Fsp3) is 0.200. The molecule has 3 N–H and O–H groups in total. The van der Waals surface area contributed by atoms with Gasteiger partial charge in [-0.15, -0.1) is 0 Å². The van der Waals surface area contributed by atoms with Crippen LogP contribution >= 0.6 is 0 Å². The molecule has 0 bridgehead atoms. The summed E-state index contributed by atoms with van der Waals surface area (Å²) in [5.74, 6) is 0.746. The number of methoxy groups -OCH3 is 2. The molecule has 0 fully saturated rings. The molecule has 0 unspecified atom stereocenters. The number of hydrogen-bond donors (Lipinski definition) is 2. The van der Waals surface area contributed by atoms with E-state index in [0.29, 0.717) is 12.3 Å². The quantitative estimate of drug-likeness (QED) is 0.809. The zero-order valence-electron chi connectivity index (χ0n) is 11.1. The second-order valence-corrected chi connectivity index (χ2v) is 4.21. The van der Waals surface area contributed by atoms with Gasteiger partial charge in [0.25, 0.3) is 0 Å². The summed E-state index contributed by atoms with van der Waals surface area (Å²) in [5, 5.41) is 3.29. The zero-order chi connectivity index (χ0) is 13.7. The molecule has 2 rings (SSSR count). The van der Waals surface area contributed by atoms with Crippen molar-refractivity contribution >= 4 is 17.1 Å². The Hall–Kier alpha value is -2.20. The highest BCUT2D eigenvalue weighted by Gasteiger charge is 2.02. The summed E-state index contributed by atoms with van der Waals surface area (Å²) in [5.41, 5.74) is 9.57. The van der Waals surface area contributed by atoms with Gasteiger partial charge in [-0.25, -0.2) is 0 Å². The van der Waals surface area contributed by atoms with Crippen LogP contribution in [0.3, 0.4) is 0 Å². The molecule has 0 saturated heterocycles. The molecule has 0 spiro atoms. The Morgan fingerprint density at radius 2 is 1.95 bits per heavy atom. The monoisotopic (exact) mass is 258 g/mol. The van der Waals surface area contributed by atoms with Crippen molar-refractivity contribution in [1.82, 2.24) is 0 Å². The van der Waals surface area contributed by atoms with Crippen molar-refractivity contribution in [3.05, 3.63) is 48.0 Å². The second kappa shape index (κ2) is 6.11. The van der Waals surface area contributed by atoms with Gasteiger partial charge in [-0.2, -0.15) is 0 Å². The lowest BCUT2D eigenvalue weighted by molar-refractivity contribution is 0.185. The number of benzene rings is 2. The molecule has 0 aromatic heterocycles. The highest BCUT2D eigenvalue weighted by molar-refractivity contribution is 5.74. The summed E-state index contributed by atoms with van der Waals surface area (Å²) >= 11 is 0. The first-order valence-electron chi connectivity index (χ1n) is 6.01. The number of nitrogen functional groups attached to an aromatic ring is 1. The first kappa shape index (κ1) is 13.2. The smallest absolute Gasteiger partial charge is 0.121 e. The Kier molecular flexibility index (Phi) is 4.26. The highest BCUT2D eigenvalue weighted by atomic mass is 16.5. The van der Waals surface area contributed by atoms with E-state index < -0.39 is 0 Å². The van der Waals surface area contributed by atoms with E-state index in [1.807, 2.05) is 36.4 Å². The van der Waals surface area contributed by atoms with Crippen molar-refractivity contribution < 1.29 is 9.47 Å². The van der Waals surface area contributed by atoms with E-state index >= 15 is 0 Å².